The highest BCUT2D eigenvalue weighted by molar-refractivity contribution is 5.88. The zero-order valence-electron chi connectivity index (χ0n) is 16.0. The van der Waals surface area contributed by atoms with Crippen LogP contribution >= 0.6 is 0 Å². The SMILES string of the molecule is C[C@H](C(=O)NC(C)(C)C)N(Cc1ccccc1)C(=O)Cc1ccccc1. The Balaban J connectivity index is 2.20. The van der Waals surface area contributed by atoms with Crippen molar-refractivity contribution in [1.29, 1.82) is 0 Å². The Bertz CT molecular complexity index is 721. The number of hydrogen-bond donors (Lipinski definition) is 1. The van der Waals surface area contributed by atoms with Crippen LogP contribution in [0.1, 0.15) is 38.8 Å². The molecule has 0 saturated heterocycles. The smallest absolute Gasteiger partial charge is 0.242 e. The van der Waals surface area contributed by atoms with Gasteiger partial charge in [0.2, 0.25) is 11.8 Å². The van der Waals surface area contributed by atoms with Crippen molar-refractivity contribution in [1.82, 2.24) is 10.2 Å². The summed E-state index contributed by atoms with van der Waals surface area (Å²) in [6.45, 7) is 8.00. The maximum absolute atomic E-state index is 13.0. The Morgan fingerprint density at radius 1 is 0.923 bits per heavy atom. The molecule has 0 bridgehead atoms. The number of nitrogens with one attached hydrogen (secondary N) is 1. The maximum atomic E-state index is 13.0. The van der Waals surface area contributed by atoms with E-state index in [9.17, 15) is 9.59 Å². The van der Waals surface area contributed by atoms with Crippen molar-refractivity contribution in [2.75, 3.05) is 0 Å². The zero-order valence-corrected chi connectivity index (χ0v) is 16.0. The third-order valence-electron chi connectivity index (χ3n) is 4.06. The first-order chi connectivity index (χ1) is 12.3. The third-order valence-corrected chi connectivity index (χ3v) is 4.06. The molecule has 26 heavy (non-hydrogen) atoms. The molecule has 2 amide bonds. The summed E-state index contributed by atoms with van der Waals surface area (Å²) in [4.78, 5) is 27.3. The molecular formula is C22H28N2O2. The van der Waals surface area contributed by atoms with Crippen LogP contribution < -0.4 is 5.32 Å². The molecule has 1 N–H and O–H groups in total. The van der Waals surface area contributed by atoms with Gasteiger partial charge in [-0.25, -0.2) is 0 Å². The molecule has 2 aromatic rings. The Morgan fingerprint density at radius 3 is 1.92 bits per heavy atom. The van der Waals surface area contributed by atoms with E-state index in [0.717, 1.165) is 11.1 Å². The van der Waals surface area contributed by atoms with Gasteiger partial charge in [-0.2, -0.15) is 0 Å². The number of rotatable bonds is 6. The normalized spacial score (nSPS) is 12.3. The lowest BCUT2D eigenvalue weighted by Gasteiger charge is -2.31. The Kier molecular flexibility index (Phi) is 6.56. The van der Waals surface area contributed by atoms with Gasteiger partial charge in [0.1, 0.15) is 6.04 Å². The largest absolute Gasteiger partial charge is 0.350 e. The van der Waals surface area contributed by atoms with E-state index in [1.807, 2.05) is 81.4 Å². The molecule has 1 atom stereocenters. The molecule has 0 unspecified atom stereocenters. The van der Waals surface area contributed by atoms with Gasteiger partial charge in [-0.1, -0.05) is 60.7 Å². The van der Waals surface area contributed by atoms with Crippen molar-refractivity contribution in [3.05, 3.63) is 71.8 Å². The zero-order chi connectivity index (χ0) is 19.2. The quantitative estimate of drug-likeness (QED) is 0.864. The number of carbonyl (C=O) groups is 2. The van der Waals surface area contributed by atoms with Crippen LogP contribution in [0.5, 0.6) is 0 Å². The lowest BCUT2D eigenvalue weighted by Crippen LogP contribution is -2.52. The molecule has 0 aliphatic carbocycles. The summed E-state index contributed by atoms with van der Waals surface area (Å²) in [5.41, 5.74) is 1.61. The summed E-state index contributed by atoms with van der Waals surface area (Å²) in [6.07, 6.45) is 0.279. The standard InChI is InChI=1S/C22H28N2O2/c1-17(21(26)23-22(2,3)4)24(16-19-13-9-6-10-14-19)20(25)15-18-11-7-5-8-12-18/h5-14,17H,15-16H2,1-4H3,(H,23,26)/t17-/m1/s1. The number of amides is 2. The van der Waals surface area contributed by atoms with Gasteiger partial charge in [0.05, 0.1) is 6.42 Å². The Morgan fingerprint density at radius 2 is 1.42 bits per heavy atom. The van der Waals surface area contributed by atoms with E-state index >= 15 is 0 Å². The van der Waals surface area contributed by atoms with E-state index in [2.05, 4.69) is 5.32 Å². The molecule has 0 aliphatic heterocycles. The monoisotopic (exact) mass is 352 g/mol. The molecule has 2 rings (SSSR count). The fourth-order valence-corrected chi connectivity index (χ4v) is 2.71. The predicted molar refractivity (Wildman–Crippen MR) is 104 cm³/mol. The van der Waals surface area contributed by atoms with Crippen molar-refractivity contribution in [3.8, 4) is 0 Å². The van der Waals surface area contributed by atoms with Crippen LogP contribution in [-0.2, 0) is 22.6 Å². The van der Waals surface area contributed by atoms with Gasteiger partial charge >= 0.3 is 0 Å². The topological polar surface area (TPSA) is 49.4 Å². The molecule has 2 aromatic carbocycles. The summed E-state index contributed by atoms with van der Waals surface area (Å²) in [7, 11) is 0. The second-order valence-electron chi connectivity index (χ2n) is 7.58. The first kappa shape index (κ1) is 19.7. The van der Waals surface area contributed by atoms with Gasteiger partial charge in [-0.3, -0.25) is 9.59 Å². The minimum absolute atomic E-state index is 0.0587. The molecule has 4 heteroatoms. The Labute approximate surface area is 156 Å². The lowest BCUT2D eigenvalue weighted by molar-refractivity contribution is -0.140. The number of nitrogens with zero attached hydrogens (tertiary/aromatic N) is 1. The molecule has 0 saturated carbocycles. The van der Waals surface area contributed by atoms with Crippen LogP contribution in [0.3, 0.4) is 0 Å². The fraction of sp³-hybridized carbons (Fsp3) is 0.364. The molecule has 0 aromatic heterocycles. The van der Waals surface area contributed by atoms with E-state index in [1.165, 1.54) is 0 Å². The van der Waals surface area contributed by atoms with Crippen LogP contribution in [0.2, 0.25) is 0 Å². The summed E-state index contributed by atoms with van der Waals surface area (Å²) >= 11 is 0. The molecule has 0 fully saturated rings. The molecule has 0 radical (unpaired) electrons. The maximum Gasteiger partial charge on any atom is 0.242 e. The Hall–Kier alpha value is -2.62. The van der Waals surface area contributed by atoms with Crippen LogP contribution in [0, 0.1) is 0 Å². The van der Waals surface area contributed by atoms with Crippen molar-refractivity contribution >= 4 is 11.8 Å². The van der Waals surface area contributed by atoms with Gasteiger partial charge in [0.15, 0.2) is 0 Å². The average Bonchev–Trinajstić information content (AvgIpc) is 2.59. The average molecular weight is 352 g/mol. The van der Waals surface area contributed by atoms with Gasteiger partial charge in [-0.05, 0) is 38.8 Å². The minimum Gasteiger partial charge on any atom is -0.350 e. The highest BCUT2D eigenvalue weighted by atomic mass is 16.2. The van der Waals surface area contributed by atoms with Crippen LogP contribution in [-0.4, -0.2) is 28.3 Å². The van der Waals surface area contributed by atoms with Crippen molar-refractivity contribution in [2.24, 2.45) is 0 Å². The van der Waals surface area contributed by atoms with Crippen LogP contribution in [0.4, 0.5) is 0 Å². The van der Waals surface area contributed by atoms with Gasteiger partial charge in [0, 0.05) is 12.1 Å². The fourth-order valence-electron chi connectivity index (χ4n) is 2.71. The minimum atomic E-state index is -0.550. The van der Waals surface area contributed by atoms with Gasteiger partial charge in [0.25, 0.3) is 0 Å². The van der Waals surface area contributed by atoms with Crippen molar-refractivity contribution in [2.45, 2.75) is 52.2 Å². The van der Waals surface area contributed by atoms with E-state index in [1.54, 1.807) is 11.8 Å². The number of benzene rings is 2. The van der Waals surface area contributed by atoms with E-state index in [4.69, 9.17) is 0 Å². The van der Waals surface area contributed by atoms with Crippen LogP contribution in [0.25, 0.3) is 0 Å². The number of hydrogen-bond acceptors (Lipinski definition) is 2. The second kappa shape index (κ2) is 8.65. The highest BCUT2D eigenvalue weighted by Gasteiger charge is 2.28. The highest BCUT2D eigenvalue weighted by Crippen LogP contribution is 2.13. The molecule has 138 valence electrons. The molecule has 4 nitrogen and oxygen atoms in total. The summed E-state index contributed by atoms with van der Waals surface area (Å²) in [5.74, 6) is -0.202. The van der Waals surface area contributed by atoms with Crippen molar-refractivity contribution in [3.63, 3.8) is 0 Å². The van der Waals surface area contributed by atoms with E-state index < -0.39 is 6.04 Å². The summed E-state index contributed by atoms with van der Waals surface area (Å²) in [5, 5.41) is 2.97. The molecule has 0 spiro atoms. The molecular weight excluding hydrogens is 324 g/mol. The second-order valence-corrected chi connectivity index (χ2v) is 7.58. The van der Waals surface area contributed by atoms with Crippen molar-refractivity contribution < 1.29 is 9.59 Å². The summed E-state index contributed by atoms with van der Waals surface area (Å²) < 4.78 is 0. The van der Waals surface area contributed by atoms with E-state index in [-0.39, 0.29) is 23.8 Å². The van der Waals surface area contributed by atoms with Crippen LogP contribution in [0.15, 0.2) is 60.7 Å². The van der Waals surface area contributed by atoms with Gasteiger partial charge in [-0.15, -0.1) is 0 Å². The first-order valence-corrected chi connectivity index (χ1v) is 8.95. The first-order valence-electron chi connectivity index (χ1n) is 8.95. The summed E-state index contributed by atoms with van der Waals surface area (Å²) in [6, 6.07) is 18.8. The molecule has 0 heterocycles. The predicted octanol–water partition coefficient (Wildman–Crippen LogP) is 3.56. The molecule has 0 aliphatic rings. The van der Waals surface area contributed by atoms with E-state index in [0.29, 0.717) is 6.54 Å². The van der Waals surface area contributed by atoms with Gasteiger partial charge < -0.3 is 10.2 Å². The number of carbonyl (C=O) groups excluding carboxylic acids is 2. The lowest BCUT2D eigenvalue weighted by atomic mass is 10.1. The third kappa shape index (κ3) is 6.03.